The van der Waals surface area contributed by atoms with Crippen molar-refractivity contribution >= 4 is 0 Å². The third-order valence-electron chi connectivity index (χ3n) is 10.2. The van der Waals surface area contributed by atoms with Crippen LogP contribution in [0.5, 0.6) is 11.5 Å². The molecule has 3 fully saturated rings. The Morgan fingerprint density at radius 3 is 1.14 bits per heavy atom. The van der Waals surface area contributed by atoms with Gasteiger partial charge in [0.05, 0.1) is 78.8 Å². The maximum atomic E-state index is 10.0. The molecule has 3 heterocycles. The average molecular weight is 1110 g/mol. The largest absolute Gasteiger partial charge is 1.00 e. The number of epoxide rings is 3. The summed E-state index contributed by atoms with van der Waals surface area (Å²) in [6, 6.07) is 16.1. The van der Waals surface area contributed by atoms with Gasteiger partial charge in [0.25, 0.3) is 0 Å². The van der Waals surface area contributed by atoms with Crippen molar-refractivity contribution in [2.24, 2.45) is 0 Å². The Bertz CT molecular complexity index is 1420. The number of hydrogen-bond donors (Lipinski definition) is 5. The topological polar surface area (TPSA) is 286 Å². The number of nitrogens with one attached hydrogen (secondary N) is 1. The minimum atomic E-state index is -0.573. The Labute approximate surface area is 499 Å². The Balaban J connectivity index is -0.000000465. The van der Waals surface area contributed by atoms with Gasteiger partial charge in [-0.2, -0.15) is 0 Å². The molecule has 0 amide bonds. The second-order valence-electron chi connectivity index (χ2n) is 17.5. The van der Waals surface area contributed by atoms with E-state index in [-0.39, 0.29) is 83.3 Å². The third kappa shape index (κ3) is 56.6. The Hall–Kier alpha value is -0.720. The van der Waals surface area contributed by atoms with Crippen molar-refractivity contribution < 1.29 is 152 Å². The maximum absolute atomic E-state index is 10.0. The van der Waals surface area contributed by atoms with E-state index >= 15 is 0 Å². The molecule has 0 spiro atoms. The number of unbranched alkanes of at least 4 members (excludes halogenated alkanes) is 3. The van der Waals surface area contributed by atoms with Crippen molar-refractivity contribution in [2.45, 2.75) is 89.0 Å². The molecule has 76 heavy (non-hydrogen) atoms. The van der Waals surface area contributed by atoms with Gasteiger partial charge >= 0.3 is 59.1 Å². The number of methoxy groups -OCH3 is 2. The van der Waals surface area contributed by atoms with Crippen LogP contribution in [-0.2, 0) is 52.1 Å². The van der Waals surface area contributed by atoms with Gasteiger partial charge in [0.1, 0.15) is 55.2 Å². The van der Waals surface area contributed by atoms with Gasteiger partial charge in [0.15, 0.2) is 0 Å². The summed E-state index contributed by atoms with van der Waals surface area (Å²) in [7, 11) is 7.98. The minimum absolute atomic E-state index is 0. The first-order valence-corrected chi connectivity index (χ1v) is 25.6. The van der Waals surface area contributed by atoms with E-state index in [0.717, 1.165) is 130 Å². The second kappa shape index (κ2) is 58.9. The number of aliphatic hydroxyl groups is 4. The maximum Gasteiger partial charge on any atom is 1.00 e. The molecule has 3 aliphatic rings. The summed E-state index contributed by atoms with van der Waals surface area (Å²) in [6.07, 6.45) is 5.28. The molecule has 21 nitrogen and oxygen atoms in total. The van der Waals surface area contributed by atoms with Crippen molar-refractivity contribution in [1.82, 2.24) is 10.2 Å². The number of hydrogen-bond acceptors (Lipinski definition) is 21. The van der Waals surface area contributed by atoms with E-state index in [9.17, 15) is 15.3 Å². The van der Waals surface area contributed by atoms with Crippen LogP contribution >= 0.6 is 0 Å². The van der Waals surface area contributed by atoms with Crippen LogP contribution in [0.15, 0.2) is 48.5 Å². The van der Waals surface area contributed by atoms with E-state index < -0.39 is 18.3 Å². The van der Waals surface area contributed by atoms with Crippen LogP contribution in [-0.4, -0.2) is 253 Å². The molecule has 5 rings (SSSR count). The molecule has 2 aromatic carbocycles. The summed E-state index contributed by atoms with van der Waals surface area (Å²) >= 11 is 0. The van der Waals surface area contributed by atoms with E-state index in [0.29, 0.717) is 77.7 Å². The van der Waals surface area contributed by atoms with E-state index in [1.807, 2.05) is 62.3 Å². The molecule has 23 heteroatoms. The summed E-state index contributed by atoms with van der Waals surface area (Å²) in [5, 5.41) is 38.8. The zero-order chi connectivity index (χ0) is 52.7. The molecule has 0 aliphatic carbocycles. The molecule has 6 unspecified atom stereocenters. The fraction of sp³-hybridized carbons (Fsp3) is 0.774. The van der Waals surface area contributed by atoms with Gasteiger partial charge in [0.2, 0.25) is 0 Å². The van der Waals surface area contributed by atoms with Gasteiger partial charge in [-0.15, -0.1) is 0 Å². The predicted octanol–water partition coefficient (Wildman–Crippen LogP) is -2.85. The van der Waals surface area contributed by atoms with E-state index in [4.69, 9.17) is 66.7 Å². The molecule has 3 saturated heterocycles. The summed E-state index contributed by atoms with van der Waals surface area (Å²) < 4.78 is 68.1. The zero-order valence-electron chi connectivity index (χ0n) is 47.8. The first-order chi connectivity index (χ1) is 35.1. The molecule has 0 saturated carbocycles. The van der Waals surface area contributed by atoms with Crippen LogP contribution < -0.4 is 73.9 Å². The molecular weight excluding hydrogens is 1010 g/mol. The minimum Gasteiger partial charge on any atom is -0.870 e. The van der Waals surface area contributed by atoms with Gasteiger partial charge in [0, 0.05) is 80.6 Å². The third-order valence-corrected chi connectivity index (χ3v) is 10.2. The molecule has 0 aromatic heterocycles. The van der Waals surface area contributed by atoms with E-state index in [1.54, 1.807) is 14.2 Å². The number of benzene rings is 2. The van der Waals surface area contributed by atoms with Crippen LogP contribution in [0.3, 0.4) is 0 Å². The Morgan fingerprint density at radius 2 is 0.829 bits per heavy atom. The summed E-state index contributed by atoms with van der Waals surface area (Å²) in [6.45, 7) is 18.2. The van der Waals surface area contributed by atoms with Crippen molar-refractivity contribution in [3.63, 3.8) is 0 Å². The Kier molecular flexibility index (Phi) is 63.4. The van der Waals surface area contributed by atoms with Crippen LogP contribution in [0.4, 0.5) is 0 Å². The first-order valence-electron chi connectivity index (χ1n) is 25.6. The fourth-order valence-corrected chi connectivity index (χ4v) is 5.86. The fourth-order valence-electron chi connectivity index (χ4n) is 5.86. The molecule has 2 aromatic rings. The van der Waals surface area contributed by atoms with Gasteiger partial charge in [-0.05, 0) is 90.7 Å². The normalized spacial score (nSPS) is 16.4. The summed E-state index contributed by atoms with van der Waals surface area (Å²) in [5.74, 6) is 1.80. The average Bonchev–Trinajstić information content (AvgIpc) is 4.22. The molecule has 3 aliphatic heterocycles. The van der Waals surface area contributed by atoms with Crippen LogP contribution in [0, 0.1) is 13.8 Å². The predicted molar refractivity (Wildman–Crippen MR) is 280 cm³/mol. The van der Waals surface area contributed by atoms with Crippen LogP contribution in [0.1, 0.15) is 49.7 Å². The molecule has 436 valence electrons. The summed E-state index contributed by atoms with van der Waals surface area (Å²) in [4.78, 5) is 2.03. The first kappa shape index (κ1) is 81.8. The monoisotopic (exact) mass is 1110 g/mol. The molecular formula is C53H98N2Na2O19. The van der Waals surface area contributed by atoms with Crippen LogP contribution in [0.2, 0.25) is 0 Å². The van der Waals surface area contributed by atoms with Crippen molar-refractivity contribution in [3.05, 3.63) is 59.7 Å². The molecule has 0 radical (unpaired) electrons. The zero-order valence-corrected chi connectivity index (χ0v) is 51.8. The number of nitrogens with zero attached hydrogens (tertiary/aromatic N) is 1. The van der Waals surface area contributed by atoms with E-state index in [1.165, 1.54) is 11.1 Å². The van der Waals surface area contributed by atoms with Gasteiger partial charge in [-0.25, -0.2) is 0 Å². The number of rotatable bonds is 41. The summed E-state index contributed by atoms with van der Waals surface area (Å²) in [5.41, 5.74) is 2.47. The van der Waals surface area contributed by atoms with Crippen molar-refractivity contribution in [1.29, 1.82) is 0 Å². The number of aliphatic hydroxyl groups excluding tert-OH is 4. The van der Waals surface area contributed by atoms with Gasteiger partial charge in [-0.1, -0.05) is 35.4 Å². The van der Waals surface area contributed by atoms with Crippen molar-refractivity contribution in [3.8, 4) is 11.5 Å². The van der Waals surface area contributed by atoms with Gasteiger partial charge < -0.3 is 103 Å². The molecule has 7 N–H and O–H groups in total. The van der Waals surface area contributed by atoms with Gasteiger partial charge in [-0.3, -0.25) is 0 Å². The molecule has 6 atom stereocenters. The quantitative estimate of drug-likeness (QED) is 0.0255. The molecule has 0 bridgehead atoms. The van der Waals surface area contributed by atoms with Crippen molar-refractivity contribution in [2.75, 3.05) is 181 Å². The van der Waals surface area contributed by atoms with E-state index in [2.05, 4.69) is 24.4 Å². The number of ether oxygens (including phenoxy) is 13. The smallest absolute Gasteiger partial charge is 0.870 e. The Morgan fingerprint density at radius 1 is 0.513 bits per heavy atom. The number of likely N-dealkylation sites (N-methyl/N-ethyl adjacent to an activating group) is 2. The number of aryl methyl sites for hydroxylation is 2. The standard InChI is InChI=1S/C21H37NO6.C11H22O5.C10H15NO.C10H18O4.CH4O.2Na.2H2O/c1-18-6-8-21(9-7-18)28-13-10-22(2)14-19(23)16-26-11-4-5-12-27-17-20(24)15-25-3;1-13-6-10(12)7-14-4-2-3-5-15-8-11-9-16-11;1-9-3-5-10(6-4-9)12-8-7-11-2;1(3-11-5-9-7-13-9)2-4-12-6-10-8-14-10;1-2;;;;/h6-9,19-20,23-24H,4-5,10-17H2,1-3H3;10-12H,2-9H2,1H3;3-6,11H,7-8H2,1-2H3;9-10H,1-8H2;2H,1H3;;;2*1H2/q;;;;;2*+1;;/p-2. The second-order valence-corrected chi connectivity index (χ2v) is 17.5. The van der Waals surface area contributed by atoms with Crippen LogP contribution in [0.25, 0.3) is 0 Å². The SMILES string of the molecule is C(CCOCC1CO1)COCC1CO1.CNCCOc1ccc(C)cc1.CO.COCC(O)COCCCCOCC(O)CN(C)CCOc1ccc(C)cc1.COCC(O)COCCCCOCC1CO1.[Na+].[Na+].[OH-].[OH-].